The number of nitrogens with one attached hydrogen (secondary N) is 1. The summed E-state index contributed by atoms with van der Waals surface area (Å²) in [4.78, 5) is 12.0. The van der Waals surface area contributed by atoms with Gasteiger partial charge in [-0.1, -0.05) is 6.07 Å². The minimum absolute atomic E-state index is 0.112. The number of carbonyl (C=O) groups is 1. The first-order chi connectivity index (χ1) is 7.76. The highest BCUT2D eigenvalue weighted by Gasteiger charge is 2.21. The maximum absolute atomic E-state index is 12.0. The van der Waals surface area contributed by atoms with Gasteiger partial charge in [0.05, 0.1) is 12.1 Å². The normalized spacial score (nSPS) is 11.4. The van der Waals surface area contributed by atoms with Crippen molar-refractivity contribution >= 4 is 11.6 Å². The maximum atomic E-state index is 12.0. The number of aliphatic hydroxyl groups is 1. The Hall–Kier alpha value is -1.55. The summed E-state index contributed by atoms with van der Waals surface area (Å²) >= 11 is 0. The van der Waals surface area contributed by atoms with Gasteiger partial charge in [-0.05, 0) is 44.9 Å². The predicted molar refractivity (Wildman–Crippen MR) is 69.0 cm³/mol. The van der Waals surface area contributed by atoms with Gasteiger partial charge >= 0.3 is 0 Å². The van der Waals surface area contributed by atoms with Crippen molar-refractivity contribution in [3.05, 3.63) is 28.8 Å². The fourth-order valence-electron chi connectivity index (χ4n) is 1.53. The number of benzene rings is 1. The molecule has 1 rings (SSSR count). The molecular weight excluding hydrogens is 216 g/mol. The zero-order chi connectivity index (χ0) is 13.2. The molecule has 94 valence electrons. The van der Waals surface area contributed by atoms with E-state index in [4.69, 9.17) is 10.8 Å². The summed E-state index contributed by atoms with van der Waals surface area (Å²) in [5, 5.41) is 11.9. The third-order valence-corrected chi connectivity index (χ3v) is 2.70. The zero-order valence-electron chi connectivity index (χ0n) is 10.8. The summed E-state index contributed by atoms with van der Waals surface area (Å²) < 4.78 is 0. The number of carbonyl (C=O) groups excluding carboxylic acids is 1. The Kier molecular flexibility index (Phi) is 3.78. The predicted octanol–water partition coefficient (Wildman–Crippen LogP) is 1.39. The highest BCUT2D eigenvalue weighted by molar-refractivity contribution is 5.97. The van der Waals surface area contributed by atoms with E-state index in [0.29, 0.717) is 11.3 Å². The van der Waals surface area contributed by atoms with Crippen LogP contribution in [0.5, 0.6) is 0 Å². The van der Waals surface area contributed by atoms with E-state index < -0.39 is 5.54 Å². The second kappa shape index (κ2) is 4.75. The molecule has 4 nitrogen and oxygen atoms in total. The molecular formula is C13H20N2O2. The molecule has 17 heavy (non-hydrogen) atoms. The molecule has 0 fully saturated rings. The molecule has 0 bridgehead atoms. The van der Waals surface area contributed by atoms with Crippen LogP contribution in [0.1, 0.15) is 35.3 Å². The Bertz CT molecular complexity index is 439. The van der Waals surface area contributed by atoms with Crippen LogP contribution in [0.3, 0.4) is 0 Å². The zero-order valence-corrected chi connectivity index (χ0v) is 10.8. The van der Waals surface area contributed by atoms with E-state index in [0.717, 1.165) is 11.1 Å². The van der Waals surface area contributed by atoms with E-state index >= 15 is 0 Å². The molecule has 0 unspecified atom stereocenters. The summed E-state index contributed by atoms with van der Waals surface area (Å²) in [7, 11) is 0. The summed E-state index contributed by atoms with van der Waals surface area (Å²) in [6.07, 6.45) is 0. The fourth-order valence-corrected chi connectivity index (χ4v) is 1.53. The highest BCUT2D eigenvalue weighted by atomic mass is 16.3. The lowest BCUT2D eigenvalue weighted by molar-refractivity contribution is 0.0869. The van der Waals surface area contributed by atoms with Gasteiger partial charge in [0.2, 0.25) is 0 Å². The highest BCUT2D eigenvalue weighted by Crippen LogP contribution is 2.18. The largest absolute Gasteiger partial charge is 0.398 e. The van der Waals surface area contributed by atoms with E-state index in [-0.39, 0.29) is 12.5 Å². The smallest absolute Gasteiger partial charge is 0.252 e. The average molecular weight is 236 g/mol. The van der Waals surface area contributed by atoms with Gasteiger partial charge in [0.1, 0.15) is 0 Å². The van der Waals surface area contributed by atoms with Crippen LogP contribution >= 0.6 is 0 Å². The van der Waals surface area contributed by atoms with Crippen LogP contribution in [0.2, 0.25) is 0 Å². The van der Waals surface area contributed by atoms with E-state index in [1.165, 1.54) is 0 Å². The first-order valence-electron chi connectivity index (χ1n) is 5.57. The number of hydrogen-bond donors (Lipinski definition) is 3. The van der Waals surface area contributed by atoms with Gasteiger partial charge in [-0.25, -0.2) is 0 Å². The van der Waals surface area contributed by atoms with Gasteiger partial charge < -0.3 is 16.2 Å². The molecule has 0 radical (unpaired) electrons. The standard InChI is InChI=1S/C13H20N2O2/c1-8-5-9(2)11(14)6-10(8)12(17)15-13(3,4)7-16/h5-6,16H,7,14H2,1-4H3,(H,15,17). The second-order valence-electron chi connectivity index (χ2n) is 5.02. The number of hydrogen-bond acceptors (Lipinski definition) is 3. The van der Waals surface area contributed by atoms with Gasteiger partial charge in [0.15, 0.2) is 0 Å². The number of nitrogen functional groups attached to an aromatic ring is 1. The number of anilines is 1. The molecule has 4 N–H and O–H groups in total. The van der Waals surface area contributed by atoms with Crippen molar-refractivity contribution in [3.63, 3.8) is 0 Å². The molecule has 0 saturated carbocycles. The van der Waals surface area contributed by atoms with Crippen LogP contribution in [-0.4, -0.2) is 23.2 Å². The molecule has 0 atom stereocenters. The van der Waals surface area contributed by atoms with Crippen molar-refractivity contribution in [2.75, 3.05) is 12.3 Å². The van der Waals surface area contributed by atoms with Crippen LogP contribution in [0, 0.1) is 13.8 Å². The van der Waals surface area contributed by atoms with Crippen LogP contribution < -0.4 is 11.1 Å². The van der Waals surface area contributed by atoms with Crippen molar-refractivity contribution in [3.8, 4) is 0 Å². The monoisotopic (exact) mass is 236 g/mol. The maximum Gasteiger partial charge on any atom is 0.252 e. The van der Waals surface area contributed by atoms with Crippen LogP contribution in [-0.2, 0) is 0 Å². The minimum Gasteiger partial charge on any atom is -0.398 e. The lowest BCUT2D eigenvalue weighted by Crippen LogP contribution is -2.46. The molecule has 1 aromatic rings. The molecule has 0 aromatic heterocycles. The van der Waals surface area contributed by atoms with Crippen LogP contribution in [0.15, 0.2) is 12.1 Å². The third kappa shape index (κ3) is 3.20. The van der Waals surface area contributed by atoms with Gasteiger partial charge in [-0.2, -0.15) is 0 Å². The van der Waals surface area contributed by atoms with E-state index in [1.807, 2.05) is 19.9 Å². The quantitative estimate of drug-likeness (QED) is 0.694. The van der Waals surface area contributed by atoms with Crippen molar-refractivity contribution < 1.29 is 9.90 Å². The SMILES string of the molecule is Cc1cc(C)c(C(=O)NC(C)(C)CO)cc1N. The van der Waals surface area contributed by atoms with E-state index in [9.17, 15) is 4.79 Å². The minimum atomic E-state index is -0.636. The molecule has 0 aliphatic carbocycles. The number of aryl methyl sites for hydroxylation is 2. The van der Waals surface area contributed by atoms with Gasteiger partial charge in [-0.15, -0.1) is 0 Å². The Morgan fingerprint density at radius 2 is 1.94 bits per heavy atom. The van der Waals surface area contributed by atoms with Crippen LogP contribution in [0.25, 0.3) is 0 Å². The van der Waals surface area contributed by atoms with Crippen molar-refractivity contribution in [2.24, 2.45) is 0 Å². The second-order valence-corrected chi connectivity index (χ2v) is 5.02. The Balaban J connectivity index is 3.01. The molecule has 1 amide bonds. The number of nitrogens with two attached hydrogens (primary N) is 1. The Morgan fingerprint density at radius 1 is 1.35 bits per heavy atom. The molecule has 0 saturated heterocycles. The summed E-state index contributed by atoms with van der Waals surface area (Å²) in [6, 6.07) is 3.56. The Labute approximate surface area is 102 Å². The van der Waals surface area contributed by atoms with Crippen molar-refractivity contribution in [1.29, 1.82) is 0 Å². The van der Waals surface area contributed by atoms with Gasteiger partial charge in [-0.3, -0.25) is 4.79 Å². The number of rotatable bonds is 3. The Morgan fingerprint density at radius 3 is 2.47 bits per heavy atom. The summed E-state index contributed by atoms with van der Waals surface area (Å²) in [5.74, 6) is -0.215. The molecule has 1 aromatic carbocycles. The third-order valence-electron chi connectivity index (χ3n) is 2.70. The first kappa shape index (κ1) is 13.5. The van der Waals surface area contributed by atoms with Gasteiger partial charge in [0.25, 0.3) is 5.91 Å². The van der Waals surface area contributed by atoms with Crippen LogP contribution in [0.4, 0.5) is 5.69 Å². The molecule has 0 heterocycles. The van der Waals surface area contributed by atoms with Crippen molar-refractivity contribution in [1.82, 2.24) is 5.32 Å². The molecule has 0 aliphatic heterocycles. The van der Waals surface area contributed by atoms with E-state index in [1.54, 1.807) is 19.9 Å². The average Bonchev–Trinajstić information content (AvgIpc) is 2.22. The lowest BCUT2D eigenvalue weighted by atomic mass is 10.0. The summed E-state index contributed by atoms with van der Waals surface area (Å²) in [5.41, 5.74) is 8.15. The van der Waals surface area contributed by atoms with Gasteiger partial charge in [0, 0.05) is 11.3 Å². The lowest BCUT2D eigenvalue weighted by Gasteiger charge is -2.24. The topological polar surface area (TPSA) is 75.3 Å². The van der Waals surface area contributed by atoms with Crippen molar-refractivity contribution in [2.45, 2.75) is 33.2 Å². The molecule has 4 heteroatoms. The number of amides is 1. The summed E-state index contributed by atoms with van der Waals surface area (Å²) in [6.45, 7) is 7.18. The fraction of sp³-hybridized carbons (Fsp3) is 0.462. The number of aliphatic hydroxyl groups excluding tert-OH is 1. The first-order valence-corrected chi connectivity index (χ1v) is 5.57. The van der Waals surface area contributed by atoms with E-state index in [2.05, 4.69) is 5.32 Å². The molecule has 0 aliphatic rings. The molecule has 0 spiro atoms.